The van der Waals surface area contributed by atoms with E-state index in [2.05, 4.69) is 47.8 Å². The molecular weight excluding hydrogens is 244 g/mol. The molecule has 1 saturated heterocycles. The Labute approximate surface area is 114 Å². The standard InChI is InChI=1S/C14H22N2OS/c1-16(9-7-13-11-15-8-10-17-13)12-3-5-14(18-2)6-4-12/h3-6,13,15H,7-11H2,1-2H3. The summed E-state index contributed by atoms with van der Waals surface area (Å²) in [4.78, 5) is 3.61. The first kappa shape index (κ1) is 13.7. The van der Waals surface area contributed by atoms with Crippen molar-refractivity contribution < 1.29 is 4.74 Å². The zero-order valence-electron chi connectivity index (χ0n) is 11.2. The fourth-order valence-corrected chi connectivity index (χ4v) is 2.52. The van der Waals surface area contributed by atoms with Gasteiger partial charge in [-0.3, -0.25) is 0 Å². The van der Waals surface area contributed by atoms with Gasteiger partial charge >= 0.3 is 0 Å². The van der Waals surface area contributed by atoms with Crippen LogP contribution in [-0.4, -0.2) is 45.6 Å². The van der Waals surface area contributed by atoms with Gasteiger partial charge in [0.15, 0.2) is 0 Å². The van der Waals surface area contributed by atoms with Gasteiger partial charge in [-0.2, -0.15) is 0 Å². The van der Waals surface area contributed by atoms with Crippen LogP contribution in [-0.2, 0) is 4.74 Å². The summed E-state index contributed by atoms with van der Waals surface area (Å²) in [5.74, 6) is 0. The normalized spacial score (nSPS) is 19.8. The molecule has 0 amide bonds. The largest absolute Gasteiger partial charge is 0.376 e. The Kier molecular flexibility index (Phi) is 5.35. The number of anilines is 1. The van der Waals surface area contributed by atoms with E-state index < -0.39 is 0 Å². The maximum absolute atomic E-state index is 5.71. The van der Waals surface area contributed by atoms with Gasteiger partial charge in [0.25, 0.3) is 0 Å². The van der Waals surface area contributed by atoms with Gasteiger partial charge in [-0.1, -0.05) is 0 Å². The van der Waals surface area contributed by atoms with E-state index in [9.17, 15) is 0 Å². The van der Waals surface area contributed by atoms with Crippen LogP contribution in [0.4, 0.5) is 5.69 Å². The Hall–Kier alpha value is -0.710. The van der Waals surface area contributed by atoms with E-state index in [1.165, 1.54) is 10.6 Å². The molecule has 1 aromatic carbocycles. The third kappa shape index (κ3) is 3.90. The van der Waals surface area contributed by atoms with E-state index in [4.69, 9.17) is 4.74 Å². The first-order valence-corrected chi connectivity index (χ1v) is 7.69. The molecule has 0 saturated carbocycles. The molecule has 0 spiro atoms. The molecule has 1 aliphatic rings. The Morgan fingerprint density at radius 2 is 2.17 bits per heavy atom. The monoisotopic (exact) mass is 266 g/mol. The molecule has 0 aliphatic carbocycles. The van der Waals surface area contributed by atoms with Gasteiger partial charge in [-0.25, -0.2) is 0 Å². The summed E-state index contributed by atoms with van der Waals surface area (Å²) >= 11 is 1.78. The van der Waals surface area contributed by atoms with Crippen LogP contribution in [0.15, 0.2) is 29.2 Å². The fraction of sp³-hybridized carbons (Fsp3) is 0.571. The predicted molar refractivity (Wildman–Crippen MR) is 78.7 cm³/mol. The van der Waals surface area contributed by atoms with Gasteiger partial charge in [0, 0.05) is 37.3 Å². The van der Waals surface area contributed by atoms with Crippen molar-refractivity contribution in [2.24, 2.45) is 0 Å². The van der Waals surface area contributed by atoms with Crippen LogP contribution in [0.1, 0.15) is 6.42 Å². The van der Waals surface area contributed by atoms with Crippen molar-refractivity contribution in [2.45, 2.75) is 17.4 Å². The number of hydrogen-bond acceptors (Lipinski definition) is 4. The van der Waals surface area contributed by atoms with Crippen LogP contribution in [0.2, 0.25) is 0 Å². The molecule has 2 rings (SSSR count). The van der Waals surface area contributed by atoms with Crippen molar-refractivity contribution in [3.8, 4) is 0 Å². The molecule has 1 N–H and O–H groups in total. The van der Waals surface area contributed by atoms with Gasteiger partial charge in [-0.05, 0) is 36.9 Å². The second kappa shape index (κ2) is 7.02. The summed E-state index contributed by atoms with van der Waals surface area (Å²) in [6, 6.07) is 8.72. The number of nitrogens with one attached hydrogen (secondary N) is 1. The van der Waals surface area contributed by atoms with Crippen LogP contribution in [0, 0.1) is 0 Å². The van der Waals surface area contributed by atoms with Crippen molar-refractivity contribution in [3.05, 3.63) is 24.3 Å². The Balaban J connectivity index is 1.80. The predicted octanol–water partition coefficient (Wildman–Crippen LogP) is 2.22. The summed E-state index contributed by atoms with van der Waals surface area (Å²) in [6.45, 7) is 3.85. The van der Waals surface area contributed by atoms with Gasteiger partial charge in [0.05, 0.1) is 12.7 Å². The zero-order chi connectivity index (χ0) is 12.8. The summed E-state index contributed by atoms with van der Waals surface area (Å²) in [7, 11) is 2.14. The smallest absolute Gasteiger partial charge is 0.0716 e. The number of hydrogen-bond donors (Lipinski definition) is 1. The van der Waals surface area contributed by atoms with Crippen LogP contribution < -0.4 is 10.2 Å². The van der Waals surface area contributed by atoms with E-state index in [1.54, 1.807) is 11.8 Å². The van der Waals surface area contributed by atoms with Gasteiger partial charge in [-0.15, -0.1) is 11.8 Å². The summed E-state index contributed by atoms with van der Waals surface area (Å²) < 4.78 is 5.71. The van der Waals surface area contributed by atoms with Crippen molar-refractivity contribution in [1.82, 2.24) is 5.32 Å². The molecule has 1 aliphatic heterocycles. The molecule has 1 unspecified atom stereocenters. The van der Waals surface area contributed by atoms with Crippen LogP contribution in [0.25, 0.3) is 0 Å². The van der Waals surface area contributed by atoms with Gasteiger partial charge in [0.1, 0.15) is 0 Å². The molecule has 0 aromatic heterocycles. The highest BCUT2D eigenvalue weighted by molar-refractivity contribution is 7.98. The Morgan fingerprint density at radius 1 is 1.39 bits per heavy atom. The molecule has 0 radical (unpaired) electrons. The second-order valence-electron chi connectivity index (χ2n) is 4.61. The minimum absolute atomic E-state index is 0.367. The van der Waals surface area contributed by atoms with E-state index in [-0.39, 0.29) is 0 Å². The summed E-state index contributed by atoms with van der Waals surface area (Å²) in [5.41, 5.74) is 1.27. The van der Waals surface area contributed by atoms with Crippen molar-refractivity contribution in [2.75, 3.05) is 44.4 Å². The number of rotatable bonds is 5. The van der Waals surface area contributed by atoms with E-state index >= 15 is 0 Å². The molecule has 100 valence electrons. The van der Waals surface area contributed by atoms with Crippen LogP contribution >= 0.6 is 11.8 Å². The number of benzene rings is 1. The Bertz CT molecular complexity index is 349. The van der Waals surface area contributed by atoms with E-state index in [1.807, 2.05) is 0 Å². The average molecular weight is 266 g/mol. The molecule has 0 bridgehead atoms. The quantitative estimate of drug-likeness (QED) is 0.826. The lowest BCUT2D eigenvalue weighted by Crippen LogP contribution is -2.40. The first-order chi connectivity index (χ1) is 8.79. The first-order valence-electron chi connectivity index (χ1n) is 6.47. The van der Waals surface area contributed by atoms with E-state index in [0.29, 0.717) is 6.10 Å². The highest BCUT2D eigenvalue weighted by Crippen LogP contribution is 2.20. The lowest BCUT2D eigenvalue weighted by molar-refractivity contribution is 0.0250. The maximum Gasteiger partial charge on any atom is 0.0716 e. The minimum atomic E-state index is 0.367. The number of nitrogens with zero attached hydrogens (tertiary/aromatic N) is 1. The molecule has 1 aromatic rings. The minimum Gasteiger partial charge on any atom is -0.376 e. The second-order valence-corrected chi connectivity index (χ2v) is 5.48. The third-order valence-corrected chi connectivity index (χ3v) is 4.05. The Morgan fingerprint density at radius 3 is 2.78 bits per heavy atom. The van der Waals surface area contributed by atoms with Crippen LogP contribution in [0.5, 0.6) is 0 Å². The lowest BCUT2D eigenvalue weighted by Gasteiger charge is -2.26. The van der Waals surface area contributed by atoms with Crippen molar-refractivity contribution >= 4 is 17.4 Å². The molecule has 1 heterocycles. The maximum atomic E-state index is 5.71. The highest BCUT2D eigenvalue weighted by atomic mass is 32.2. The fourth-order valence-electron chi connectivity index (χ4n) is 2.11. The van der Waals surface area contributed by atoms with Crippen molar-refractivity contribution in [3.63, 3.8) is 0 Å². The molecule has 3 nitrogen and oxygen atoms in total. The van der Waals surface area contributed by atoms with Gasteiger partial charge in [0.2, 0.25) is 0 Å². The van der Waals surface area contributed by atoms with Gasteiger partial charge < -0.3 is 15.0 Å². The summed E-state index contributed by atoms with van der Waals surface area (Å²) in [5, 5.41) is 3.37. The topological polar surface area (TPSA) is 24.5 Å². The summed E-state index contributed by atoms with van der Waals surface area (Å²) in [6.07, 6.45) is 3.55. The van der Waals surface area contributed by atoms with E-state index in [0.717, 1.165) is 32.7 Å². The van der Waals surface area contributed by atoms with Crippen LogP contribution in [0.3, 0.4) is 0 Å². The average Bonchev–Trinajstić information content (AvgIpc) is 2.46. The highest BCUT2D eigenvalue weighted by Gasteiger charge is 2.13. The zero-order valence-corrected chi connectivity index (χ0v) is 12.0. The number of thioether (sulfide) groups is 1. The lowest BCUT2D eigenvalue weighted by atomic mass is 10.2. The number of ether oxygens (including phenoxy) is 1. The molecule has 4 heteroatoms. The molecule has 1 atom stereocenters. The molecule has 18 heavy (non-hydrogen) atoms. The molecule has 1 fully saturated rings. The van der Waals surface area contributed by atoms with Crippen molar-refractivity contribution in [1.29, 1.82) is 0 Å². The SMILES string of the molecule is CSc1ccc(N(C)CCC2CNCCO2)cc1. The molecular formula is C14H22N2OS. The third-order valence-electron chi connectivity index (χ3n) is 3.30. The number of morpholine rings is 1.